The fourth-order valence-electron chi connectivity index (χ4n) is 2.34. The summed E-state index contributed by atoms with van der Waals surface area (Å²) < 4.78 is 0. The van der Waals surface area contributed by atoms with Gasteiger partial charge in [0.1, 0.15) is 0 Å². The molecule has 8 N–H and O–H groups in total. The molecule has 0 heterocycles. The smallest absolute Gasteiger partial charge is 0.0399 e. The summed E-state index contributed by atoms with van der Waals surface area (Å²) in [7, 11) is 0. The molecule has 0 fully saturated rings. The Bertz CT molecular complexity index is 628. The van der Waals surface area contributed by atoms with E-state index >= 15 is 0 Å². The van der Waals surface area contributed by atoms with Crippen molar-refractivity contribution >= 4 is 22.7 Å². The molecule has 0 amide bonds. The van der Waals surface area contributed by atoms with Crippen molar-refractivity contribution in [2.24, 2.45) is 0 Å². The lowest BCUT2D eigenvalue weighted by Crippen LogP contribution is -2.05. The van der Waals surface area contributed by atoms with Crippen LogP contribution >= 0.6 is 0 Å². The summed E-state index contributed by atoms with van der Waals surface area (Å²) in [6.07, 6.45) is 1.88. The number of hydrogen-bond acceptors (Lipinski definition) is 4. The molecule has 0 aliphatic rings. The van der Waals surface area contributed by atoms with Gasteiger partial charge in [0.05, 0.1) is 0 Å². The maximum Gasteiger partial charge on any atom is 0.0399 e. The van der Waals surface area contributed by atoms with Crippen molar-refractivity contribution in [2.45, 2.75) is 40.5 Å². The van der Waals surface area contributed by atoms with Gasteiger partial charge >= 0.3 is 0 Å². The molecule has 2 aromatic carbocycles. The molecule has 2 aromatic rings. The molecule has 0 aliphatic carbocycles. The van der Waals surface area contributed by atoms with Crippen LogP contribution in [0.1, 0.15) is 36.1 Å². The molecular formula is C18H28N4. The van der Waals surface area contributed by atoms with Crippen LogP contribution in [0.5, 0.6) is 0 Å². The normalized spacial score (nSPS) is 10.0. The maximum atomic E-state index is 5.99. The number of benzene rings is 2. The van der Waals surface area contributed by atoms with Crippen molar-refractivity contribution in [3.63, 3.8) is 0 Å². The quantitative estimate of drug-likeness (QED) is 0.638. The molecule has 22 heavy (non-hydrogen) atoms. The molecule has 0 atom stereocenters. The molecule has 2 rings (SSSR count). The highest BCUT2D eigenvalue weighted by Crippen LogP contribution is 2.28. The molecular weight excluding hydrogens is 272 g/mol. The Morgan fingerprint density at radius 2 is 1.36 bits per heavy atom. The van der Waals surface area contributed by atoms with Gasteiger partial charge in [-0.2, -0.15) is 0 Å². The minimum atomic E-state index is 0.759. The Morgan fingerprint density at radius 1 is 0.818 bits per heavy atom. The fraction of sp³-hybridized carbons (Fsp3) is 0.333. The highest BCUT2D eigenvalue weighted by Gasteiger charge is 2.08. The van der Waals surface area contributed by atoms with Gasteiger partial charge in [0, 0.05) is 22.7 Å². The lowest BCUT2D eigenvalue weighted by molar-refractivity contribution is 1.09. The summed E-state index contributed by atoms with van der Waals surface area (Å²) in [5.41, 5.74) is 30.7. The molecule has 0 saturated heterocycles. The fourth-order valence-corrected chi connectivity index (χ4v) is 2.34. The average molecular weight is 300 g/mol. The van der Waals surface area contributed by atoms with Crippen molar-refractivity contribution in [3.8, 4) is 0 Å². The van der Waals surface area contributed by atoms with Crippen molar-refractivity contribution in [1.29, 1.82) is 0 Å². The van der Waals surface area contributed by atoms with Gasteiger partial charge in [-0.3, -0.25) is 0 Å². The van der Waals surface area contributed by atoms with Gasteiger partial charge in [0.15, 0.2) is 0 Å². The van der Waals surface area contributed by atoms with Gasteiger partial charge < -0.3 is 22.9 Å². The second-order valence-corrected chi connectivity index (χ2v) is 5.43. The second kappa shape index (κ2) is 7.59. The standard InChI is InChI=1S/C11H18N2.C7H10N2/c1-4-8-6-7(3)10(12)9(5-2)11(8)13;1-5-6(8)3-2-4-7(5)9/h6H,4-5,12-13H2,1-3H3;2-4H,8-9H2,1H3. The zero-order chi connectivity index (χ0) is 16.9. The summed E-state index contributed by atoms with van der Waals surface area (Å²) in [5, 5.41) is 0. The molecule has 0 saturated carbocycles. The third kappa shape index (κ3) is 3.85. The third-order valence-electron chi connectivity index (χ3n) is 3.96. The van der Waals surface area contributed by atoms with Gasteiger partial charge in [0.25, 0.3) is 0 Å². The van der Waals surface area contributed by atoms with E-state index < -0.39 is 0 Å². The van der Waals surface area contributed by atoms with E-state index in [9.17, 15) is 0 Å². The molecule has 4 nitrogen and oxygen atoms in total. The second-order valence-electron chi connectivity index (χ2n) is 5.43. The topological polar surface area (TPSA) is 104 Å². The number of rotatable bonds is 2. The van der Waals surface area contributed by atoms with Crippen molar-refractivity contribution in [2.75, 3.05) is 22.9 Å². The predicted molar refractivity (Wildman–Crippen MR) is 98.8 cm³/mol. The summed E-state index contributed by atoms with van der Waals surface area (Å²) in [4.78, 5) is 0. The number of anilines is 4. The van der Waals surface area contributed by atoms with Crippen molar-refractivity contribution in [1.82, 2.24) is 0 Å². The van der Waals surface area contributed by atoms with Crippen LogP contribution in [0.15, 0.2) is 24.3 Å². The van der Waals surface area contributed by atoms with Crippen LogP contribution in [0.25, 0.3) is 0 Å². The molecule has 0 aromatic heterocycles. The maximum absolute atomic E-state index is 5.99. The van der Waals surface area contributed by atoms with Crippen LogP contribution in [0.4, 0.5) is 22.7 Å². The Hall–Kier alpha value is -2.36. The Labute approximate surface area is 133 Å². The largest absolute Gasteiger partial charge is 0.398 e. The molecule has 120 valence electrons. The van der Waals surface area contributed by atoms with Crippen LogP contribution in [0.3, 0.4) is 0 Å². The lowest BCUT2D eigenvalue weighted by atomic mass is 9.98. The molecule has 0 aliphatic heterocycles. The molecule has 0 bridgehead atoms. The zero-order valence-electron chi connectivity index (χ0n) is 14.0. The summed E-state index contributed by atoms with van der Waals surface area (Å²) >= 11 is 0. The van der Waals surface area contributed by atoms with E-state index in [0.717, 1.165) is 52.3 Å². The van der Waals surface area contributed by atoms with Gasteiger partial charge in [-0.15, -0.1) is 0 Å². The summed E-state index contributed by atoms with van der Waals surface area (Å²) in [6, 6.07) is 7.61. The van der Waals surface area contributed by atoms with Crippen molar-refractivity contribution in [3.05, 3.63) is 46.5 Å². The molecule has 0 radical (unpaired) electrons. The Balaban J connectivity index is 0.000000235. The van der Waals surface area contributed by atoms with Gasteiger partial charge in [-0.05, 0) is 61.1 Å². The number of hydrogen-bond donors (Lipinski definition) is 4. The number of nitrogens with two attached hydrogens (primary N) is 4. The van der Waals surface area contributed by atoms with E-state index in [1.807, 2.05) is 32.0 Å². The van der Waals surface area contributed by atoms with Gasteiger partial charge in [-0.1, -0.05) is 26.0 Å². The van der Waals surface area contributed by atoms with E-state index in [1.54, 1.807) is 0 Å². The number of aryl methyl sites for hydroxylation is 2. The SMILES string of the molecule is CCc1cc(C)c(N)c(CC)c1N.Cc1c(N)cccc1N. The highest BCUT2D eigenvalue weighted by molar-refractivity contribution is 5.68. The van der Waals surface area contributed by atoms with E-state index in [1.165, 1.54) is 5.56 Å². The minimum absolute atomic E-state index is 0.759. The van der Waals surface area contributed by atoms with Gasteiger partial charge in [0.2, 0.25) is 0 Å². The van der Waals surface area contributed by atoms with E-state index in [-0.39, 0.29) is 0 Å². The van der Waals surface area contributed by atoms with Crippen LogP contribution < -0.4 is 22.9 Å². The monoisotopic (exact) mass is 300 g/mol. The van der Waals surface area contributed by atoms with Gasteiger partial charge in [-0.25, -0.2) is 0 Å². The first-order chi connectivity index (χ1) is 10.3. The highest BCUT2D eigenvalue weighted by atomic mass is 14.6. The Kier molecular flexibility index (Phi) is 6.11. The van der Waals surface area contributed by atoms with E-state index in [0.29, 0.717) is 0 Å². The number of nitrogen functional groups attached to an aromatic ring is 4. The van der Waals surface area contributed by atoms with Crippen LogP contribution in [0, 0.1) is 13.8 Å². The molecule has 4 heteroatoms. The summed E-state index contributed by atoms with van der Waals surface area (Å²) in [6.45, 7) is 8.14. The zero-order valence-corrected chi connectivity index (χ0v) is 14.0. The third-order valence-corrected chi connectivity index (χ3v) is 3.96. The van der Waals surface area contributed by atoms with Crippen LogP contribution in [-0.2, 0) is 12.8 Å². The van der Waals surface area contributed by atoms with Crippen LogP contribution in [0.2, 0.25) is 0 Å². The first-order valence-electron chi connectivity index (χ1n) is 7.60. The lowest BCUT2D eigenvalue weighted by Gasteiger charge is -2.14. The molecule has 0 unspecified atom stereocenters. The van der Waals surface area contributed by atoms with E-state index in [2.05, 4.69) is 19.9 Å². The predicted octanol–water partition coefficient (Wildman–Crippen LogP) is 3.44. The molecule has 0 spiro atoms. The minimum Gasteiger partial charge on any atom is -0.398 e. The van der Waals surface area contributed by atoms with E-state index in [4.69, 9.17) is 22.9 Å². The summed E-state index contributed by atoms with van der Waals surface area (Å²) in [5.74, 6) is 0. The Morgan fingerprint density at radius 3 is 1.77 bits per heavy atom. The van der Waals surface area contributed by atoms with Crippen molar-refractivity contribution < 1.29 is 0 Å². The first kappa shape index (κ1) is 17.7. The average Bonchev–Trinajstić information content (AvgIpc) is 2.50. The first-order valence-corrected chi connectivity index (χ1v) is 7.60. The van der Waals surface area contributed by atoms with Crippen LogP contribution in [-0.4, -0.2) is 0 Å².